The summed E-state index contributed by atoms with van der Waals surface area (Å²) in [4.78, 5) is 39.8. The molecule has 2 amide bonds. The Bertz CT molecular complexity index is 2990. The summed E-state index contributed by atoms with van der Waals surface area (Å²) in [6.45, 7) is 9.26. The molecule has 0 spiro atoms. The lowest BCUT2D eigenvalue weighted by atomic mass is 9.97. The first-order valence-corrected chi connectivity index (χ1v) is 21.1. The van der Waals surface area contributed by atoms with E-state index >= 15 is 4.39 Å². The molecule has 2 saturated heterocycles. The number of carbonyl (C=O) groups is 1. The lowest BCUT2D eigenvalue weighted by molar-refractivity contribution is 0.0564. The number of morpholine rings is 2. The predicted molar refractivity (Wildman–Crippen MR) is 259 cm³/mol. The number of benzene rings is 4. The highest BCUT2D eigenvalue weighted by Gasteiger charge is 2.22. The third-order valence-electron chi connectivity index (χ3n) is 10.9. The molecular formula is C51H52F4N10O3. The van der Waals surface area contributed by atoms with Crippen molar-refractivity contribution in [3.8, 4) is 44.8 Å². The second kappa shape index (κ2) is 22.8. The highest BCUT2D eigenvalue weighted by molar-refractivity contribution is 5.93. The van der Waals surface area contributed by atoms with E-state index in [2.05, 4.69) is 40.5 Å². The van der Waals surface area contributed by atoms with Gasteiger partial charge in [0, 0.05) is 70.6 Å². The van der Waals surface area contributed by atoms with Gasteiger partial charge < -0.3 is 25.4 Å². The summed E-state index contributed by atoms with van der Waals surface area (Å²) < 4.78 is 66.5. The fourth-order valence-corrected chi connectivity index (χ4v) is 7.34. The minimum Gasteiger partial charge on any atom is -0.381 e. The molecule has 0 saturated carbocycles. The third kappa shape index (κ3) is 11.7. The second-order valence-corrected chi connectivity index (χ2v) is 15.3. The number of hydrogen-bond acceptors (Lipinski definition) is 11. The zero-order valence-electron chi connectivity index (χ0n) is 36.0. The summed E-state index contributed by atoms with van der Waals surface area (Å²) in [5.41, 5.74) is 13.5. The van der Waals surface area contributed by atoms with Crippen LogP contribution in [0, 0.1) is 37.1 Å². The van der Waals surface area contributed by atoms with E-state index < -0.39 is 23.5 Å². The molecule has 0 bridgehead atoms. The minimum absolute atomic E-state index is 0. The van der Waals surface area contributed by atoms with Crippen LogP contribution in [0.5, 0.6) is 0 Å². The number of rotatable bonds is 5. The average Bonchev–Trinajstić information content (AvgIpc) is 3.35. The van der Waals surface area contributed by atoms with Crippen molar-refractivity contribution in [2.45, 2.75) is 28.7 Å². The Morgan fingerprint density at radius 1 is 0.603 bits per heavy atom. The number of amides is 2. The fraction of sp³-hybridized carbons (Fsp3) is 0.235. The monoisotopic (exact) mass is 928 g/mol. The molecule has 10 rings (SSSR count). The Labute approximate surface area is 391 Å². The molecule has 4 aromatic carbocycles. The van der Waals surface area contributed by atoms with Crippen molar-refractivity contribution in [1.82, 2.24) is 40.1 Å². The van der Waals surface area contributed by atoms with Crippen molar-refractivity contribution in [1.29, 1.82) is 0 Å². The number of aromatic nitrogens is 6. The molecule has 0 atom stereocenters. The maximum atomic E-state index is 15.2. The summed E-state index contributed by atoms with van der Waals surface area (Å²) in [7, 11) is 0. The van der Waals surface area contributed by atoms with E-state index in [1.54, 1.807) is 29.2 Å². The van der Waals surface area contributed by atoms with Gasteiger partial charge in [0.1, 0.15) is 24.3 Å². The fourth-order valence-electron chi connectivity index (χ4n) is 7.34. The predicted octanol–water partition coefficient (Wildman–Crippen LogP) is 10.2. The van der Waals surface area contributed by atoms with Crippen molar-refractivity contribution in [2.75, 3.05) is 63.7 Å². The number of carbonyl (C=O) groups excluding carboxylic acids is 1. The first-order valence-electron chi connectivity index (χ1n) is 21.1. The van der Waals surface area contributed by atoms with Gasteiger partial charge in [0.25, 0.3) is 0 Å². The highest BCUT2D eigenvalue weighted by atomic mass is 19.1. The first-order chi connectivity index (χ1) is 32.0. The molecule has 2 aliphatic rings. The van der Waals surface area contributed by atoms with Crippen LogP contribution < -0.4 is 16.4 Å². The molecule has 13 nitrogen and oxygen atoms in total. The number of urea groups is 1. The number of anilines is 2. The van der Waals surface area contributed by atoms with Crippen molar-refractivity contribution >= 4 is 39.5 Å². The van der Waals surface area contributed by atoms with E-state index in [9.17, 15) is 18.0 Å². The molecule has 2 fully saturated rings. The molecule has 0 unspecified atom stereocenters. The zero-order valence-corrected chi connectivity index (χ0v) is 36.0. The second-order valence-electron chi connectivity index (χ2n) is 15.3. The van der Waals surface area contributed by atoms with Crippen LogP contribution in [0.15, 0.2) is 110 Å². The van der Waals surface area contributed by atoms with E-state index in [-0.39, 0.29) is 32.3 Å². The summed E-state index contributed by atoms with van der Waals surface area (Å²) in [6.07, 6.45) is 3.00. The smallest absolute Gasteiger partial charge is 0.323 e. The van der Waals surface area contributed by atoms with Crippen molar-refractivity contribution in [3.05, 3.63) is 144 Å². The van der Waals surface area contributed by atoms with Gasteiger partial charge in [-0.3, -0.25) is 5.32 Å². The molecule has 0 radical (unpaired) electrons. The number of fused-ring (bicyclic) bond motifs is 2. The standard InChI is InChI=1S/C25H21F2N5O2.C20H14F2N4.C4H9NO.2CH4/c1-15-19-12-17(4-7-22(19)29-14-28-15)20-13-21(27)24(31-25(33)32-8-10-34-11-9-32)30-23(20)16-2-5-18(26)6-3-16;1-11-15-8-13(4-7-18(15)25-10-24-11)16-9-17(22)20(23)26-19(16)12-2-5-14(21)6-3-12;1-3-6-4-2-5-1;;/h2-7,12-14H,8-11H2,1H3,(H,30,31,33);2-10H,1H3,(H2,23,26);5H,1-4H2;2*1H4. The number of halogens is 4. The van der Waals surface area contributed by atoms with Crippen LogP contribution in [0.3, 0.4) is 0 Å². The number of nitrogens with two attached hydrogens (primary N) is 1. The molecule has 0 aliphatic carbocycles. The summed E-state index contributed by atoms with van der Waals surface area (Å²) >= 11 is 0. The number of aryl methyl sites for hydroxylation is 2. The zero-order chi connectivity index (χ0) is 46.2. The van der Waals surface area contributed by atoms with Crippen LogP contribution >= 0.6 is 0 Å². The molecule has 4 N–H and O–H groups in total. The average molecular weight is 929 g/mol. The van der Waals surface area contributed by atoms with Crippen LogP contribution in [-0.4, -0.2) is 93.4 Å². The molecule has 4 aromatic heterocycles. The maximum absolute atomic E-state index is 15.2. The number of ether oxygens (including phenoxy) is 2. The van der Waals surface area contributed by atoms with Crippen molar-refractivity contribution in [3.63, 3.8) is 0 Å². The number of hydrogen-bond donors (Lipinski definition) is 3. The molecule has 352 valence electrons. The van der Waals surface area contributed by atoms with Gasteiger partial charge in [0.05, 0.1) is 48.8 Å². The first kappa shape index (κ1) is 50.0. The van der Waals surface area contributed by atoms with Crippen molar-refractivity contribution < 1.29 is 31.8 Å². The quantitative estimate of drug-likeness (QED) is 0.141. The third-order valence-corrected chi connectivity index (χ3v) is 10.9. The van der Waals surface area contributed by atoms with Gasteiger partial charge in [-0.25, -0.2) is 52.3 Å². The number of pyridine rings is 2. The van der Waals surface area contributed by atoms with Gasteiger partial charge in [-0.1, -0.05) is 27.0 Å². The number of nitrogens with zero attached hydrogens (tertiary/aromatic N) is 7. The van der Waals surface area contributed by atoms with Gasteiger partial charge in [0.2, 0.25) is 0 Å². The molecule has 17 heteroatoms. The topological polar surface area (TPSA) is 166 Å². The van der Waals surface area contributed by atoms with Crippen LogP contribution in [0.4, 0.5) is 34.0 Å². The Morgan fingerprint density at radius 3 is 1.53 bits per heavy atom. The molecule has 6 heterocycles. The van der Waals surface area contributed by atoms with E-state index in [4.69, 9.17) is 15.2 Å². The van der Waals surface area contributed by atoms with Crippen molar-refractivity contribution in [2.24, 2.45) is 0 Å². The summed E-state index contributed by atoms with van der Waals surface area (Å²) in [6, 6.07) is 25.0. The normalized spacial score (nSPS) is 13.2. The van der Waals surface area contributed by atoms with Gasteiger partial charge in [-0.05, 0) is 110 Å². The molecule has 2 aliphatic heterocycles. The van der Waals surface area contributed by atoms with Gasteiger partial charge in [-0.15, -0.1) is 0 Å². The maximum Gasteiger partial charge on any atom is 0.323 e. The van der Waals surface area contributed by atoms with E-state index in [0.29, 0.717) is 65.5 Å². The molecule has 68 heavy (non-hydrogen) atoms. The van der Waals surface area contributed by atoms with Crippen LogP contribution in [0.1, 0.15) is 26.2 Å². The van der Waals surface area contributed by atoms with Gasteiger partial charge >= 0.3 is 6.03 Å². The molecule has 8 aromatic rings. The lowest BCUT2D eigenvalue weighted by Gasteiger charge is -2.27. The van der Waals surface area contributed by atoms with E-state index in [1.807, 2.05) is 50.2 Å². The minimum atomic E-state index is -0.677. The lowest BCUT2D eigenvalue weighted by Crippen LogP contribution is -2.43. The van der Waals surface area contributed by atoms with Crippen LogP contribution in [-0.2, 0) is 9.47 Å². The Balaban J connectivity index is 0.000000199. The Kier molecular flexibility index (Phi) is 16.8. The largest absolute Gasteiger partial charge is 0.381 e. The Hall–Kier alpha value is -7.47. The Morgan fingerprint density at radius 2 is 1.06 bits per heavy atom. The summed E-state index contributed by atoms with van der Waals surface area (Å²) in [5.74, 6) is -2.43. The van der Waals surface area contributed by atoms with Crippen LogP contribution in [0.25, 0.3) is 66.6 Å². The number of nitrogens with one attached hydrogen (secondary N) is 2. The van der Waals surface area contributed by atoms with Gasteiger partial charge in [-0.2, -0.15) is 0 Å². The van der Waals surface area contributed by atoms with Gasteiger partial charge in [0.15, 0.2) is 23.3 Å². The number of nitrogen functional groups attached to an aromatic ring is 1. The van der Waals surface area contributed by atoms with E-state index in [1.165, 1.54) is 49.1 Å². The SMILES string of the molecule is C.C.C1COCCN1.Cc1ncnc2ccc(-c3cc(F)c(N)nc3-c3ccc(F)cc3)cc12.Cc1ncnc2ccc(-c3cc(F)c(NC(=O)N4CCOCC4)nc3-c3ccc(F)cc3)cc12. The summed E-state index contributed by atoms with van der Waals surface area (Å²) in [5, 5.41) is 7.43. The molecular weight excluding hydrogens is 877 g/mol. The van der Waals surface area contributed by atoms with E-state index in [0.717, 1.165) is 65.1 Å². The van der Waals surface area contributed by atoms with Crippen LogP contribution in [0.2, 0.25) is 0 Å². The highest BCUT2D eigenvalue weighted by Crippen LogP contribution is 2.36.